The first-order valence-corrected chi connectivity index (χ1v) is 6.88. The number of ether oxygens (including phenoxy) is 1. The Morgan fingerprint density at radius 3 is 2.94 bits per heavy atom. The molecule has 0 saturated heterocycles. The topological polar surface area (TPSA) is 25.4 Å². The van der Waals surface area contributed by atoms with Crippen molar-refractivity contribution >= 4 is 22.9 Å². The first kappa shape index (κ1) is 13.9. The van der Waals surface area contributed by atoms with Crippen molar-refractivity contribution in [2.24, 2.45) is 0 Å². The van der Waals surface area contributed by atoms with Crippen molar-refractivity contribution in [3.63, 3.8) is 0 Å². The van der Waals surface area contributed by atoms with Crippen molar-refractivity contribution in [3.8, 4) is 0 Å². The van der Waals surface area contributed by atoms with Crippen LogP contribution in [0.5, 0.6) is 0 Å². The average Bonchev–Trinajstić information content (AvgIpc) is 2.76. The van der Waals surface area contributed by atoms with Crippen LogP contribution < -0.4 is 0 Å². The van der Waals surface area contributed by atoms with Gasteiger partial charge in [0.25, 0.3) is 0 Å². The summed E-state index contributed by atoms with van der Waals surface area (Å²) in [6.07, 6.45) is 0. The second kappa shape index (κ2) is 7.22. The molecule has 5 heteroatoms. The highest BCUT2D eigenvalue weighted by atomic mass is 35.5. The molecule has 1 aromatic rings. The van der Waals surface area contributed by atoms with Crippen molar-refractivity contribution < 1.29 is 4.74 Å². The van der Waals surface area contributed by atoms with Crippen LogP contribution in [0.4, 0.5) is 0 Å². The van der Waals surface area contributed by atoms with Crippen LogP contribution in [0.1, 0.15) is 30.6 Å². The average molecular weight is 263 g/mol. The number of aromatic nitrogens is 1. The van der Waals surface area contributed by atoms with Gasteiger partial charge in [0.2, 0.25) is 0 Å². The molecule has 1 rings (SSSR count). The number of thiazole rings is 1. The molecule has 0 aliphatic carbocycles. The van der Waals surface area contributed by atoms with Crippen molar-refractivity contribution in [1.29, 1.82) is 0 Å². The zero-order valence-corrected chi connectivity index (χ0v) is 11.6. The van der Waals surface area contributed by atoms with Gasteiger partial charge >= 0.3 is 0 Å². The van der Waals surface area contributed by atoms with E-state index >= 15 is 0 Å². The lowest BCUT2D eigenvalue weighted by molar-refractivity contribution is 0.110. The van der Waals surface area contributed by atoms with Crippen LogP contribution in [-0.4, -0.2) is 36.7 Å². The summed E-state index contributed by atoms with van der Waals surface area (Å²) in [5.74, 6) is 0.492. The molecule has 1 unspecified atom stereocenters. The maximum Gasteiger partial charge on any atom is 0.110 e. The van der Waals surface area contributed by atoms with E-state index in [2.05, 4.69) is 23.9 Å². The Morgan fingerprint density at radius 2 is 2.38 bits per heavy atom. The molecule has 0 radical (unpaired) electrons. The first-order chi connectivity index (χ1) is 7.69. The normalized spacial score (nSPS) is 13.3. The van der Waals surface area contributed by atoms with Gasteiger partial charge in [0.05, 0.1) is 24.2 Å². The predicted octanol–water partition coefficient (Wildman–Crippen LogP) is 2.91. The van der Waals surface area contributed by atoms with E-state index in [9.17, 15) is 0 Å². The van der Waals surface area contributed by atoms with E-state index < -0.39 is 0 Å². The molecule has 92 valence electrons. The number of hydrogen-bond acceptors (Lipinski definition) is 4. The molecule has 0 N–H and O–H groups in total. The van der Waals surface area contributed by atoms with Gasteiger partial charge in [-0.2, -0.15) is 0 Å². The third kappa shape index (κ3) is 4.01. The van der Waals surface area contributed by atoms with Gasteiger partial charge in [-0.15, -0.1) is 22.9 Å². The van der Waals surface area contributed by atoms with Gasteiger partial charge in [0.15, 0.2) is 0 Å². The highest BCUT2D eigenvalue weighted by molar-refractivity contribution is 7.09. The maximum absolute atomic E-state index is 5.74. The number of hydrogen-bond donors (Lipinski definition) is 0. The Bertz CT molecular complexity index is 306. The van der Waals surface area contributed by atoms with Crippen molar-refractivity contribution in [2.75, 3.05) is 26.8 Å². The van der Waals surface area contributed by atoms with Gasteiger partial charge < -0.3 is 4.74 Å². The molecule has 0 aromatic carbocycles. The van der Waals surface area contributed by atoms with E-state index in [1.54, 1.807) is 11.3 Å². The minimum atomic E-state index is 0.322. The lowest BCUT2D eigenvalue weighted by Gasteiger charge is -2.22. The fourth-order valence-electron chi connectivity index (χ4n) is 1.31. The van der Waals surface area contributed by atoms with E-state index in [0.717, 1.165) is 30.5 Å². The Kier molecular flexibility index (Phi) is 6.28. The summed E-state index contributed by atoms with van der Waals surface area (Å²) >= 11 is 7.41. The van der Waals surface area contributed by atoms with Gasteiger partial charge in [-0.05, 0) is 20.9 Å². The minimum Gasteiger partial charge on any atom is -0.380 e. The van der Waals surface area contributed by atoms with E-state index in [-0.39, 0.29) is 0 Å². The fourth-order valence-corrected chi connectivity index (χ4v) is 2.48. The van der Waals surface area contributed by atoms with E-state index in [1.165, 1.54) is 0 Å². The second-order valence-electron chi connectivity index (χ2n) is 3.66. The zero-order chi connectivity index (χ0) is 12.0. The van der Waals surface area contributed by atoms with Gasteiger partial charge in [0.1, 0.15) is 5.01 Å². The van der Waals surface area contributed by atoms with Crippen molar-refractivity contribution in [2.45, 2.75) is 25.8 Å². The van der Waals surface area contributed by atoms with Gasteiger partial charge in [-0.1, -0.05) is 0 Å². The van der Waals surface area contributed by atoms with E-state index in [1.807, 2.05) is 12.3 Å². The molecular formula is C11H19ClN2OS. The summed E-state index contributed by atoms with van der Waals surface area (Å²) < 4.78 is 5.34. The number of alkyl halides is 1. The summed E-state index contributed by atoms with van der Waals surface area (Å²) in [5, 5.41) is 3.14. The SMILES string of the molecule is CCOCCN(C)C(C)c1nc(CCl)cs1. The van der Waals surface area contributed by atoms with Gasteiger partial charge in [0, 0.05) is 18.5 Å². The number of rotatable bonds is 7. The summed E-state index contributed by atoms with van der Waals surface area (Å²) in [6.45, 7) is 6.63. The second-order valence-corrected chi connectivity index (χ2v) is 4.82. The minimum absolute atomic E-state index is 0.322. The van der Waals surface area contributed by atoms with Gasteiger partial charge in [-0.25, -0.2) is 4.98 Å². The van der Waals surface area contributed by atoms with E-state index in [4.69, 9.17) is 16.3 Å². The zero-order valence-electron chi connectivity index (χ0n) is 10.1. The Balaban J connectivity index is 2.45. The lowest BCUT2D eigenvalue weighted by Crippen LogP contribution is -2.26. The Labute approximate surface area is 106 Å². The van der Waals surface area contributed by atoms with Crippen LogP contribution >= 0.6 is 22.9 Å². The summed E-state index contributed by atoms with van der Waals surface area (Å²) in [4.78, 5) is 6.72. The molecule has 1 aromatic heterocycles. The summed E-state index contributed by atoms with van der Waals surface area (Å²) in [7, 11) is 2.09. The predicted molar refractivity (Wildman–Crippen MR) is 69.2 cm³/mol. The highest BCUT2D eigenvalue weighted by Gasteiger charge is 2.14. The lowest BCUT2D eigenvalue weighted by atomic mass is 10.3. The number of likely N-dealkylation sites (N-methyl/N-ethyl adjacent to an activating group) is 1. The van der Waals surface area contributed by atoms with Crippen LogP contribution in [0, 0.1) is 0 Å². The molecule has 1 heterocycles. The third-order valence-corrected chi connectivity index (χ3v) is 3.86. The third-order valence-electron chi connectivity index (χ3n) is 2.52. The molecule has 0 amide bonds. The smallest absolute Gasteiger partial charge is 0.110 e. The largest absolute Gasteiger partial charge is 0.380 e. The Hall–Kier alpha value is -0.160. The van der Waals surface area contributed by atoms with Crippen LogP contribution in [0.25, 0.3) is 0 Å². The molecular weight excluding hydrogens is 244 g/mol. The van der Waals surface area contributed by atoms with Gasteiger partial charge in [-0.3, -0.25) is 4.90 Å². The molecule has 1 atom stereocenters. The van der Waals surface area contributed by atoms with Crippen LogP contribution in [0.3, 0.4) is 0 Å². The Morgan fingerprint density at radius 1 is 1.62 bits per heavy atom. The number of halogens is 1. The molecule has 0 aliphatic heterocycles. The molecule has 0 fully saturated rings. The molecule has 0 saturated carbocycles. The molecule has 0 bridgehead atoms. The van der Waals surface area contributed by atoms with Crippen LogP contribution in [0.2, 0.25) is 0 Å². The van der Waals surface area contributed by atoms with Crippen molar-refractivity contribution in [3.05, 3.63) is 16.1 Å². The molecule has 0 spiro atoms. The quantitative estimate of drug-likeness (QED) is 0.558. The maximum atomic E-state index is 5.74. The summed E-state index contributed by atoms with van der Waals surface area (Å²) in [5.41, 5.74) is 0.965. The van der Waals surface area contributed by atoms with Crippen LogP contribution in [-0.2, 0) is 10.6 Å². The first-order valence-electron chi connectivity index (χ1n) is 5.47. The molecule has 16 heavy (non-hydrogen) atoms. The number of nitrogens with zero attached hydrogens (tertiary/aromatic N) is 2. The monoisotopic (exact) mass is 262 g/mol. The van der Waals surface area contributed by atoms with E-state index in [0.29, 0.717) is 11.9 Å². The highest BCUT2D eigenvalue weighted by Crippen LogP contribution is 2.22. The van der Waals surface area contributed by atoms with Crippen molar-refractivity contribution in [1.82, 2.24) is 9.88 Å². The molecule has 0 aliphatic rings. The summed E-state index contributed by atoms with van der Waals surface area (Å²) in [6, 6.07) is 0.322. The van der Waals surface area contributed by atoms with Crippen LogP contribution in [0.15, 0.2) is 5.38 Å². The standard InChI is InChI=1S/C11H19ClN2OS/c1-4-15-6-5-14(3)9(2)11-13-10(7-12)8-16-11/h8-9H,4-7H2,1-3H3. The molecule has 3 nitrogen and oxygen atoms in total. The fraction of sp³-hybridized carbons (Fsp3) is 0.727.